The molecule has 1 saturated heterocycles. The van der Waals surface area contributed by atoms with Gasteiger partial charge in [0.1, 0.15) is 6.54 Å². The summed E-state index contributed by atoms with van der Waals surface area (Å²) >= 11 is 0. The third-order valence-electron chi connectivity index (χ3n) is 7.08. The lowest BCUT2D eigenvalue weighted by molar-refractivity contribution is -0.128. The van der Waals surface area contributed by atoms with Crippen molar-refractivity contribution in [2.75, 3.05) is 44.4 Å². The second-order valence-electron chi connectivity index (χ2n) is 9.80. The van der Waals surface area contributed by atoms with Crippen LogP contribution in [0, 0.1) is 0 Å². The number of aromatic nitrogens is 1. The molecule has 11 heteroatoms. The summed E-state index contributed by atoms with van der Waals surface area (Å²) in [6, 6.07) is 19.6. The maximum absolute atomic E-state index is 12.8. The van der Waals surface area contributed by atoms with Gasteiger partial charge in [-0.2, -0.15) is 0 Å². The van der Waals surface area contributed by atoms with Gasteiger partial charge in [-0.3, -0.25) is 9.10 Å². The van der Waals surface area contributed by atoms with Gasteiger partial charge in [0.15, 0.2) is 17.4 Å². The van der Waals surface area contributed by atoms with Crippen LogP contribution in [0.3, 0.4) is 0 Å². The predicted octanol–water partition coefficient (Wildman–Crippen LogP) is 4.45. The van der Waals surface area contributed by atoms with Crippen LogP contribution in [0.25, 0.3) is 10.9 Å². The molecule has 2 N–H and O–H groups in total. The average molecular weight is 577 g/mol. The van der Waals surface area contributed by atoms with Crippen molar-refractivity contribution in [2.45, 2.75) is 12.8 Å². The molecule has 0 bridgehead atoms. The number of benzene rings is 3. The van der Waals surface area contributed by atoms with E-state index in [1.54, 1.807) is 55.5 Å². The van der Waals surface area contributed by atoms with Crippen molar-refractivity contribution >= 4 is 43.9 Å². The van der Waals surface area contributed by atoms with E-state index in [0.717, 1.165) is 29.0 Å². The molecule has 3 aromatic carbocycles. The Hall–Kier alpha value is -4.51. The van der Waals surface area contributed by atoms with Crippen molar-refractivity contribution in [1.29, 1.82) is 0 Å². The Morgan fingerprint density at radius 2 is 1.63 bits per heavy atom. The number of nitrogens with one attached hydrogen (secondary N) is 1. The van der Waals surface area contributed by atoms with Crippen LogP contribution in [-0.2, 0) is 14.8 Å². The SMILES string of the molecule is COc1cc2[nH]c(O)c(C(=Nc3ccc(N(CC(=O)N4CCCC4)S(C)(=O)=O)cc3)c3ccccc3)c2cc1OC. The number of nitrogens with zero attached hydrogens (tertiary/aromatic N) is 3. The number of hydrogen-bond acceptors (Lipinski definition) is 7. The fourth-order valence-corrected chi connectivity index (χ4v) is 5.87. The topological polar surface area (TPSA) is 125 Å². The standard InChI is InChI=1S/C30H32N4O6S/c1-39-25-17-23-24(18-26(25)40-2)32-30(36)28(23)29(20-9-5-4-6-10-20)31-21-11-13-22(14-12-21)34(41(3,37)38)19-27(35)33-15-7-8-16-33/h4-6,9-14,17-18,32,36H,7-8,15-16,19H2,1-3H3. The lowest BCUT2D eigenvalue weighted by atomic mass is 10.0. The minimum Gasteiger partial charge on any atom is -0.494 e. The molecular formula is C30H32N4O6S. The van der Waals surface area contributed by atoms with Crippen LogP contribution in [0.2, 0.25) is 0 Å². The number of carbonyl (C=O) groups excluding carboxylic acids is 1. The van der Waals surface area contributed by atoms with Gasteiger partial charge in [-0.1, -0.05) is 30.3 Å². The van der Waals surface area contributed by atoms with Crippen LogP contribution in [0.15, 0.2) is 71.7 Å². The summed E-state index contributed by atoms with van der Waals surface area (Å²) in [4.78, 5) is 22.3. The summed E-state index contributed by atoms with van der Waals surface area (Å²) in [5.41, 5.74) is 3.27. The van der Waals surface area contributed by atoms with Gasteiger partial charge in [-0.05, 0) is 43.2 Å². The molecule has 1 aliphatic rings. The molecule has 10 nitrogen and oxygen atoms in total. The van der Waals surface area contributed by atoms with Gasteiger partial charge in [0, 0.05) is 30.1 Å². The number of carbonyl (C=O) groups is 1. The number of sulfonamides is 1. The Morgan fingerprint density at radius 3 is 2.24 bits per heavy atom. The fraction of sp³-hybridized carbons (Fsp3) is 0.267. The molecule has 1 fully saturated rings. The highest BCUT2D eigenvalue weighted by Gasteiger charge is 2.26. The van der Waals surface area contributed by atoms with Crippen molar-refractivity contribution in [2.24, 2.45) is 4.99 Å². The largest absolute Gasteiger partial charge is 0.494 e. The van der Waals surface area contributed by atoms with Crippen LogP contribution < -0.4 is 13.8 Å². The molecule has 0 radical (unpaired) electrons. The first-order chi connectivity index (χ1) is 19.7. The Kier molecular flexibility index (Phi) is 7.89. The minimum absolute atomic E-state index is 0.0711. The van der Waals surface area contributed by atoms with E-state index in [0.29, 0.717) is 58.1 Å². The maximum Gasteiger partial charge on any atom is 0.243 e. The summed E-state index contributed by atoms with van der Waals surface area (Å²) in [7, 11) is -0.622. The molecule has 0 aliphatic carbocycles. The number of H-pyrrole nitrogens is 1. The highest BCUT2D eigenvalue weighted by molar-refractivity contribution is 7.92. The second-order valence-corrected chi connectivity index (χ2v) is 11.7. The van der Waals surface area contributed by atoms with Crippen molar-refractivity contribution in [1.82, 2.24) is 9.88 Å². The van der Waals surface area contributed by atoms with Crippen LogP contribution in [-0.4, -0.2) is 75.1 Å². The molecular weight excluding hydrogens is 544 g/mol. The van der Waals surface area contributed by atoms with Gasteiger partial charge in [-0.25, -0.2) is 13.4 Å². The summed E-state index contributed by atoms with van der Waals surface area (Å²) in [5.74, 6) is 0.725. The van der Waals surface area contributed by atoms with Gasteiger partial charge >= 0.3 is 0 Å². The Morgan fingerprint density at radius 1 is 1.00 bits per heavy atom. The summed E-state index contributed by atoms with van der Waals surface area (Å²) in [6.07, 6.45) is 2.94. The number of likely N-dealkylation sites (tertiary alicyclic amines) is 1. The van der Waals surface area contributed by atoms with Crippen molar-refractivity contribution in [3.05, 3.63) is 77.9 Å². The zero-order chi connectivity index (χ0) is 29.1. The zero-order valence-corrected chi connectivity index (χ0v) is 23.9. The van der Waals surface area contributed by atoms with Crippen molar-refractivity contribution in [3.8, 4) is 17.4 Å². The number of rotatable bonds is 9. The summed E-state index contributed by atoms with van der Waals surface area (Å²) in [5, 5.41) is 11.7. The molecule has 0 saturated carbocycles. The van der Waals surface area contributed by atoms with Crippen LogP contribution in [0.1, 0.15) is 24.0 Å². The smallest absolute Gasteiger partial charge is 0.243 e. The molecule has 1 amide bonds. The number of ether oxygens (including phenoxy) is 2. The van der Waals surface area contributed by atoms with E-state index in [1.807, 2.05) is 30.3 Å². The van der Waals surface area contributed by atoms with E-state index in [2.05, 4.69) is 4.98 Å². The third-order valence-corrected chi connectivity index (χ3v) is 8.22. The molecule has 4 aromatic rings. The number of aromatic hydroxyl groups is 1. The number of methoxy groups -OCH3 is 2. The first-order valence-electron chi connectivity index (χ1n) is 13.2. The van der Waals surface area contributed by atoms with E-state index < -0.39 is 10.0 Å². The first kappa shape index (κ1) is 28.0. The normalized spacial score (nSPS) is 13.9. The Balaban J connectivity index is 1.56. The minimum atomic E-state index is -3.71. The van der Waals surface area contributed by atoms with E-state index in [4.69, 9.17) is 14.5 Å². The van der Waals surface area contributed by atoms with E-state index in [9.17, 15) is 18.3 Å². The van der Waals surface area contributed by atoms with Gasteiger partial charge in [0.05, 0.1) is 48.6 Å². The van der Waals surface area contributed by atoms with Gasteiger partial charge in [0.2, 0.25) is 15.9 Å². The molecule has 5 rings (SSSR count). The fourth-order valence-electron chi connectivity index (χ4n) is 5.02. The predicted molar refractivity (Wildman–Crippen MR) is 159 cm³/mol. The average Bonchev–Trinajstić information content (AvgIpc) is 3.62. The molecule has 1 aromatic heterocycles. The zero-order valence-electron chi connectivity index (χ0n) is 23.1. The first-order valence-corrected chi connectivity index (χ1v) is 15.0. The van der Waals surface area contributed by atoms with Crippen molar-refractivity contribution in [3.63, 3.8) is 0 Å². The summed E-state index contributed by atoms with van der Waals surface area (Å²) < 4.78 is 37.3. The van der Waals surface area contributed by atoms with Gasteiger partial charge in [-0.15, -0.1) is 0 Å². The Labute approximate surface area is 238 Å². The number of aromatic amines is 1. The maximum atomic E-state index is 12.8. The van der Waals surface area contributed by atoms with E-state index >= 15 is 0 Å². The number of hydrogen-bond donors (Lipinski definition) is 2. The molecule has 41 heavy (non-hydrogen) atoms. The number of aliphatic imine (C=N–C) groups is 1. The highest BCUT2D eigenvalue weighted by atomic mass is 32.2. The van der Waals surface area contributed by atoms with Crippen LogP contribution in [0.4, 0.5) is 11.4 Å². The van der Waals surface area contributed by atoms with Gasteiger partial charge in [0.25, 0.3) is 0 Å². The lowest BCUT2D eigenvalue weighted by Gasteiger charge is -2.25. The quantitative estimate of drug-likeness (QED) is 0.284. The van der Waals surface area contributed by atoms with E-state index in [-0.39, 0.29) is 18.3 Å². The number of amides is 1. The monoisotopic (exact) mass is 576 g/mol. The lowest BCUT2D eigenvalue weighted by Crippen LogP contribution is -2.41. The third kappa shape index (κ3) is 5.85. The molecule has 0 unspecified atom stereocenters. The molecule has 214 valence electrons. The van der Waals surface area contributed by atoms with Crippen LogP contribution in [0.5, 0.6) is 17.4 Å². The molecule has 0 spiro atoms. The second kappa shape index (κ2) is 11.5. The van der Waals surface area contributed by atoms with E-state index in [1.165, 1.54) is 0 Å². The molecule has 1 aliphatic heterocycles. The Bertz CT molecular complexity index is 1690. The number of fused-ring (bicyclic) bond motifs is 1. The van der Waals surface area contributed by atoms with Crippen LogP contribution >= 0.6 is 0 Å². The van der Waals surface area contributed by atoms with Gasteiger partial charge < -0.3 is 24.5 Å². The molecule has 2 heterocycles. The number of anilines is 1. The summed E-state index contributed by atoms with van der Waals surface area (Å²) in [6.45, 7) is 1.03. The highest BCUT2D eigenvalue weighted by Crippen LogP contribution is 2.38. The van der Waals surface area contributed by atoms with Crippen molar-refractivity contribution < 1.29 is 27.8 Å². The molecule has 0 atom stereocenters.